The lowest BCUT2D eigenvalue weighted by molar-refractivity contribution is -0.122. The second-order valence-electron chi connectivity index (χ2n) is 3.28. The number of rotatable bonds is 3. The summed E-state index contributed by atoms with van der Waals surface area (Å²) in [4.78, 5) is 11.0. The number of ketones is 1. The van der Waals surface area contributed by atoms with Crippen molar-refractivity contribution >= 4 is 17.4 Å². The van der Waals surface area contributed by atoms with Gasteiger partial charge in [-0.2, -0.15) is 0 Å². The molecule has 1 aromatic carbocycles. The Labute approximate surface area is 88.8 Å². The summed E-state index contributed by atoms with van der Waals surface area (Å²) in [5.74, 6) is 0.719. The first kappa shape index (κ1) is 11.1. The number of Topliss-reactive ketones (excluding diaryl/α,β-unsaturated/α-hetero) is 1. The molecule has 0 saturated carbocycles. The highest BCUT2D eigenvalue weighted by Crippen LogP contribution is 2.22. The van der Waals surface area contributed by atoms with Gasteiger partial charge in [-0.05, 0) is 44.5 Å². The van der Waals surface area contributed by atoms with Crippen LogP contribution < -0.4 is 4.74 Å². The summed E-state index contributed by atoms with van der Waals surface area (Å²) in [5, 5.41) is 0.672. The average molecular weight is 213 g/mol. The third-order valence-corrected chi connectivity index (χ3v) is 2.25. The van der Waals surface area contributed by atoms with Crippen LogP contribution in [0.5, 0.6) is 5.75 Å². The zero-order valence-corrected chi connectivity index (χ0v) is 9.26. The predicted molar refractivity (Wildman–Crippen MR) is 57.0 cm³/mol. The van der Waals surface area contributed by atoms with E-state index in [4.69, 9.17) is 16.3 Å². The number of ether oxygens (including phenoxy) is 1. The molecule has 0 heterocycles. The second kappa shape index (κ2) is 4.47. The zero-order chi connectivity index (χ0) is 10.7. The predicted octanol–water partition coefficient (Wildman–Crippen LogP) is 3.00. The van der Waals surface area contributed by atoms with E-state index in [1.54, 1.807) is 19.1 Å². The van der Waals surface area contributed by atoms with E-state index in [2.05, 4.69) is 0 Å². The molecule has 0 aliphatic carbocycles. The van der Waals surface area contributed by atoms with Gasteiger partial charge in [0.1, 0.15) is 5.75 Å². The van der Waals surface area contributed by atoms with Gasteiger partial charge in [-0.15, -0.1) is 0 Å². The van der Waals surface area contributed by atoms with Crippen molar-refractivity contribution < 1.29 is 9.53 Å². The molecule has 1 rings (SSSR count). The van der Waals surface area contributed by atoms with Crippen LogP contribution in [-0.4, -0.2) is 11.9 Å². The number of carbonyl (C=O) groups excluding carboxylic acids is 1. The summed E-state index contributed by atoms with van der Waals surface area (Å²) >= 11 is 5.79. The van der Waals surface area contributed by atoms with E-state index in [1.165, 1.54) is 6.92 Å². The van der Waals surface area contributed by atoms with Crippen LogP contribution in [0.15, 0.2) is 18.2 Å². The van der Waals surface area contributed by atoms with Gasteiger partial charge in [0.25, 0.3) is 0 Å². The molecule has 0 aromatic heterocycles. The van der Waals surface area contributed by atoms with Crippen LogP contribution in [0.2, 0.25) is 5.02 Å². The average Bonchev–Trinajstić information content (AvgIpc) is 2.09. The molecule has 0 aliphatic heterocycles. The maximum absolute atomic E-state index is 11.0. The Morgan fingerprint density at radius 3 is 2.64 bits per heavy atom. The Hall–Kier alpha value is -1.02. The van der Waals surface area contributed by atoms with Crippen molar-refractivity contribution in [1.29, 1.82) is 0 Å². The van der Waals surface area contributed by atoms with Gasteiger partial charge in [-0.25, -0.2) is 0 Å². The Morgan fingerprint density at radius 2 is 2.14 bits per heavy atom. The van der Waals surface area contributed by atoms with Gasteiger partial charge < -0.3 is 4.74 Å². The van der Waals surface area contributed by atoms with Crippen LogP contribution >= 0.6 is 11.6 Å². The smallest absolute Gasteiger partial charge is 0.169 e. The lowest BCUT2D eigenvalue weighted by Gasteiger charge is -2.13. The summed E-state index contributed by atoms with van der Waals surface area (Å²) in [6, 6.07) is 5.33. The number of hydrogen-bond acceptors (Lipinski definition) is 2. The van der Waals surface area contributed by atoms with Crippen LogP contribution in [0.4, 0.5) is 0 Å². The first-order chi connectivity index (χ1) is 6.50. The van der Waals surface area contributed by atoms with Gasteiger partial charge >= 0.3 is 0 Å². The highest BCUT2D eigenvalue weighted by molar-refractivity contribution is 6.30. The third kappa shape index (κ3) is 2.74. The molecular formula is C11H13ClO2. The minimum atomic E-state index is -0.408. The maximum Gasteiger partial charge on any atom is 0.169 e. The molecule has 1 atom stereocenters. The molecule has 0 spiro atoms. The highest BCUT2D eigenvalue weighted by Gasteiger charge is 2.10. The third-order valence-electron chi connectivity index (χ3n) is 2.01. The molecule has 0 bridgehead atoms. The van der Waals surface area contributed by atoms with Gasteiger partial charge in [0, 0.05) is 5.02 Å². The van der Waals surface area contributed by atoms with Crippen LogP contribution in [0.1, 0.15) is 19.4 Å². The van der Waals surface area contributed by atoms with Crippen molar-refractivity contribution in [3.8, 4) is 5.75 Å². The van der Waals surface area contributed by atoms with Gasteiger partial charge in [0.2, 0.25) is 0 Å². The van der Waals surface area contributed by atoms with Gasteiger partial charge in [-0.1, -0.05) is 11.6 Å². The second-order valence-corrected chi connectivity index (χ2v) is 3.72. The molecule has 0 fully saturated rings. The van der Waals surface area contributed by atoms with E-state index in [9.17, 15) is 4.79 Å². The molecule has 2 nitrogen and oxygen atoms in total. The number of aryl methyl sites for hydroxylation is 1. The van der Waals surface area contributed by atoms with Gasteiger partial charge in [-0.3, -0.25) is 4.79 Å². The topological polar surface area (TPSA) is 26.3 Å². The van der Waals surface area contributed by atoms with Crippen LogP contribution in [0.3, 0.4) is 0 Å². The van der Waals surface area contributed by atoms with E-state index in [0.29, 0.717) is 10.8 Å². The first-order valence-corrected chi connectivity index (χ1v) is 4.81. The van der Waals surface area contributed by atoms with Crippen molar-refractivity contribution in [3.05, 3.63) is 28.8 Å². The summed E-state index contributed by atoms with van der Waals surface area (Å²) in [7, 11) is 0. The van der Waals surface area contributed by atoms with Crippen LogP contribution in [0, 0.1) is 6.92 Å². The number of halogens is 1. The Morgan fingerprint density at radius 1 is 1.50 bits per heavy atom. The van der Waals surface area contributed by atoms with E-state index < -0.39 is 6.10 Å². The maximum atomic E-state index is 11.0. The molecule has 0 amide bonds. The minimum absolute atomic E-state index is 0.0133. The summed E-state index contributed by atoms with van der Waals surface area (Å²) in [5.41, 5.74) is 0.936. The van der Waals surface area contributed by atoms with Crippen molar-refractivity contribution in [1.82, 2.24) is 0 Å². The molecule has 1 unspecified atom stereocenters. The zero-order valence-electron chi connectivity index (χ0n) is 8.50. The molecule has 1 aromatic rings. The van der Waals surface area contributed by atoms with Gasteiger partial charge in [0.15, 0.2) is 11.9 Å². The van der Waals surface area contributed by atoms with Crippen LogP contribution in [0.25, 0.3) is 0 Å². The quantitative estimate of drug-likeness (QED) is 0.770. The van der Waals surface area contributed by atoms with E-state index >= 15 is 0 Å². The Bertz CT molecular complexity index is 347. The molecule has 76 valence electrons. The van der Waals surface area contributed by atoms with Crippen LogP contribution in [-0.2, 0) is 4.79 Å². The van der Waals surface area contributed by atoms with Crippen molar-refractivity contribution in [2.24, 2.45) is 0 Å². The first-order valence-electron chi connectivity index (χ1n) is 4.44. The lowest BCUT2D eigenvalue weighted by Crippen LogP contribution is -2.20. The fourth-order valence-electron chi connectivity index (χ4n) is 1.02. The fourth-order valence-corrected chi connectivity index (χ4v) is 1.25. The SMILES string of the molecule is CC(=O)C(C)Oc1ccc(Cl)cc1C. The Balaban J connectivity index is 2.82. The summed E-state index contributed by atoms with van der Waals surface area (Å²) < 4.78 is 5.45. The molecular weight excluding hydrogens is 200 g/mol. The lowest BCUT2D eigenvalue weighted by atomic mass is 10.2. The highest BCUT2D eigenvalue weighted by atomic mass is 35.5. The number of benzene rings is 1. The van der Waals surface area contributed by atoms with E-state index in [-0.39, 0.29) is 5.78 Å². The van der Waals surface area contributed by atoms with Gasteiger partial charge in [0.05, 0.1) is 0 Å². The molecule has 0 saturated heterocycles. The minimum Gasteiger partial charge on any atom is -0.483 e. The molecule has 0 aliphatic rings. The molecule has 3 heteroatoms. The monoisotopic (exact) mass is 212 g/mol. The fraction of sp³-hybridized carbons (Fsp3) is 0.364. The molecule has 0 radical (unpaired) electrons. The van der Waals surface area contributed by atoms with Crippen molar-refractivity contribution in [2.75, 3.05) is 0 Å². The van der Waals surface area contributed by atoms with Crippen molar-refractivity contribution in [2.45, 2.75) is 26.9 Å². The molecule has 0 N–H and O–H groups in total. The number of carbonyl (C=O) groups is 1. The largest absolute Gasteiger partial charge is 0.483 e. The standard InChI is InChI=1S/C11H13ClO2/c1-7-6-10(12)4-5-11(7)14-9(3)8(2)13/h4-6,9H,1-3H3. The Kier molecular flexibility index (Phi) is 3.53. The molecule has 14 heavy (non-hydrogen) atoms. The number of hydrogen-bond donors (Lipinski definition) is 0. The van der Waals surface area contributed by atoms with E-state index in [0.717, 1.165) is 5.56 Å². The van der Waals surface area contributed by atoms with Crippen molar-refractivity contribution in [3.63, 3.8) is 0 Å². The summed E-state index contributed by atoms with van der Waals surface area (Å²) in [6.45, 7) is 5.14. The van der Waals surface area contributed by atoms with E-state index in [1.807, 2.05) is 13.0 Å². The normalized spacial score (nSPS) is 12.3. The summed E-state index contributed by atoms with van der Waals surface area (Å²) in [6.07, 6.45) is -0.408.